The summed E-state index contributed by atoms with van der Waals surface area (Å²) in [7, 11) is 0. The van der Waals surface area contributed by atoms with Crippen molar-refractivity contribution in [1.29, 1.82) is 0 Å². The van der Waals surface area contributed by atoms with E-state index in [-0.39, 0.29) is 11.5 Å². The quantitative estimate of drug-likeness (QED) is 0.733. The molecule has 2 atom stereocenters. The Morgan fingerprint density at radius 2 is 1.58 bits per heavy atom. The molecule has 0 aromatic heterocycles. The van der Waals surface area contributed by atoms with Crippen LogP contribution in [0.4, 0.5) is 0 Å². The minimum absolute atomic E-state index is 0.173. The molecule has 2 rings (SSSR count). The van der Waals surface area contributed by atoms with Crippen LogP contribution in [0, 0.1) is 0 Å². The summed E-state index contributed by atoms with van der Waals surface area (Å²) in [5.74, 6) is 0. The number of nitrogens with one attached hydrogen (secondary N) is 1. The number of nitrogens with two attached hydrogens (primary N) is 1. The summed E-state index contributed by atoms with van der Waals surface area (Å²) in [5, 5.41) is 13.5. The molecule has 0 bridgehead atoms. The summed E-state index contributed by atoms with van der Waals surface area (Å²) < 4.78 is 0. The maximum Gasteiger partial charge on any atom is 0.0818 e. The zero-order valence-electron chi connectivity index (χ0n) is 15.0. The zero-order valence-corrected chi connectivity index (χ0v) is 15.0. The highest BCUT2D eigenvalue weighted by molar-refractivity contribution is 5.27. The van der Waals surface area contributed by atoms with Crippen molar-refractivity contribution in [2.24, 2.45) is 5.73 Å². The fraction of sp³-hybridized carbons (Fsp3) is 0.429. The lowest BCUT2D eigenvalue weighted by molar-refractivity contribution is 0.141. The first-order valence-electron chi connectivity index (χ1n) is 8.64. The summed E-state index contributed by atoms with van der Waals surface area (Å²) in [4.78, 5) is 0. The third-order valence-corrected chi connectivity index (χ3v) is 4.31. The molecule has 0 spiro atoms. The number of aliphatic hydroxyl groups excluding tert-OH is 1. The predicted octanol–water partition coefficient (Wildman–Crippen LogP) is 3.00. The summed E-state index contributed by atoms with van der Waals surface area (Å²) in [6.07, 6.45) is 0.128. The Kier molecular flexibility index (Phi) is 6.55. The Labute approximate surface area is 145 Å². The second-order valence-electron chi connectivity index (χ2n) is 7.50. The first-order chi connectivity index (χ1) is 11.4. The fourth-order valence-corrected chi connectivity index (χ4v) is 2.66. The van der Waals surface area contributed by atoms with Gasteiger partial charge in [0.15, 0.2) is 0 Å². The van der Waals surface area contributed by atoms with Crippen LogP contribution >= 0.6 is 0 Å². The lowest BCUT2D eigenvalue weighted by Gasteiger charge is -2.20. The van der Waals surface area contributed by atoms with Gasteiger partial charge in [0.25, 0.3) is 0 Å². The second kappa shape index (κ2) is 8.43. The third-order valence-electron chi connectivity index (χ3n) is 4.31. The molecular weight excluding hydrogens is 296 g/mol. The van der Waals surface area contributed by atoms with E-state index >= 15 is 0 Å². The van der Waals surface area contributed by atoms with Gasteiger partial charge in [-0.15, -0.1) is 0 Å². The summed E-state index contributed by atoms with van der Waals surface area (Å²) in [6, 6.07) is 18.4. The highest BCUT2D eigenvalue weighted by Gasteiger charge is 2.15. The van der Waals surface area contributed by atoms with Crippen molar-refractivity contribution >= 4 is 0 Å². The topological polar surface area (TPSA) is 58.3 Å². The van der Waals surface area contributed by atoms with Gasteiger partial charge < -0.3 is 16.2 Å². The maximum atomic E-state index is 10.2. The van der Waals surface area contributed by atoms with Crippen LogP contribution in [0.15, 0.2) is 54.6 Å². The van der Waals surface area contributed by atoms with Crippen molar-refractivity contribution in [2.45, 2.75) is 51.3 Å². The Balaban J connectivity index is 1.76. The molecule has 0 saturated carbocycles. The first-order valence-corrected chi connectivity index (χ1v) is 8.64. The largest absolute Gasteiger partial charge is 0.390 e. The van der Waals surface area contributed by atoms with Crippen molar-refractivity contribution in [3.8, 4) is 0 Å². The SMILES string of the molecule is CC(C)(C)c1ccc(CNC[C@@H](O)[C@@H](N)Cc2ccccc2)cc1. The molecular formula is C21H30N2O. The lowest BCUT2D eigenvalue weighted by atomic mass is 9.87. The molecule has 3 heteroatoms. The Morgan fingerprint density at radius 1 is 0.958 bits per heavy atom. The molecule has 4 N–H and O–H groups in total. The van der Waals surface area contributed by atoms with E-state index in [1.54, 1.807) is 0 Å². The van der Waals surface area contributed by atoms with Gasteiger partial charge in [0.1, 0.15) is 0 Å². The van der Waals surface area contributed by atoms with Gasteiger partial charge >= 0.3 is 0 Å². The summed E-state index contributed by atoms with van der Waals surface area (Å²) in [5.41, 5.74) is 9.98. The van der Waals surface area contributed by atoms with E-state index in [0.717, 1.165) is 12.1 Å². The molecule has 2 aromatic carbocycles. The highest BCUT2D eigenvalue weighted by Crippen LogP contribution is 2.22. The van der Waals surface area contributed by atoms with Gasteiger partial charge in [-0.05, 0) is 28.5 Å². The van der Waals surface area contributed by atoms with Crippen LogP contribution in [0.5, 0.6) is 0 Å². The molecule has 130 valence electrons. The van der Waals surface area contributed by atoms with Crippen molar-refractivity contribution in [3.63, 3.8) is 0 Å². The van der Waals surface area contributed by atoms with Crippen molar-refractivity contribution < 1.29 is 5.11 Å². The smallest absolute Gasteiger partial charge is 0.0818 e. The number of hydrogen-bond acceptors (Lipinski definition) is 3. The van der Waals surface area contributed by atoms with Gasteiger partial charge in [0.2, 0.25) is 0 Å². The molecule has 3 nitrogen and oxygen atoms in total. The number of hydrogen-bond donors (Lipinski definition) is 3. The minimum Gasteiger partial charge on any atom is -0.390 e. The van der Waals surface area contributed by atoms with Gasteiger partial charge in [0.05, 0.1) is 6.10 Å². The standard InChI is InChI=1S/C21H30N2O/c1-21(2,3)18-11-9-17(10-12-18)14-23-15-20(24)19(22)13-16-7-5-4-6-8-16/h4-12,19-20,23-24H,13-15,22H2,1-3H3/t19-,20+/m0/s1. The zero-order chi connectivity index (χ0) is 17.6. The van der Waals surface area contributed by atoms with Gasteiger partial charge in [-0.2, -0.15) is 0 Å². The minimum atomic E-state index is -0.556. The van der Waals surface area contributed by atoms with E-state index in [2.05, 4.69) is 50.4 Å². The van der Waals surface area contributed by atoms with Gasteiger partial charge in [-0.25, -0.2) is 0 Å². The van der Waals surface area contributed by atoms with E-state index in [9.17, 15) is 5.11 Å². The molecule has 0 saturated heterocycles. The summed E-state index contributed by atoms with van der Waals surface area (Å²) >= 11 is 0. The van der Waals surface area contributed by atoms with Crippen molar-refractivity contribution in [3.05, 3.63) is 71.3 Å². The molecule has 0 aliphatic heterocycles. The van der Waals surface area contributed by atoms with E-state index in [1.807, 2.05) is 30.3 Å². The normalized spacial score (nSPS) is 14.4. The predicted molar refractivity (Wildman–Crippen MR) is 101 cm³/mol. The van der Waals surface area contributed by atoms with Gasteiger partial charge in [0, 0.05) is 19.1 Å². The third kappa shape index (κ3) is 5.75. The van der Waals surface area contributed by atoms with Crippen LogP contribution < -0.4 is 11.1 Å². The van der Waals surface area contributed by atoms with Crippen LogP contribution in [-0.4, -0.2) is 23.8 Å². The molecule has 24 heavy (non-hydrogen) atoms. The first kappa shape index (κ1) is 18.7. The lowest BCUT2D eigenvalue weighted by Crippen LogP contribution is -2.42. The maximum absolute atomic E-state index is 10.2. The molecule has 0 radical (unpaired) electrons. The number of benzene rings is 2. The molecule has 0 unspecified atom stereocenters. The van der Waals surface area contributed by atoms with Gasteiger partial charge in [-0.3, -0.25) is 0 Å². The molecule has 0 fully saturated rings. The highest BCUT2D eigenvalue weighted by atomic mass is 16.3. The fourth-order valence-electron chi connectivity index (χ4n) is 2.66. The van der Waals surface area contributed by atoms with E-state index < -0.39 is 6.10 Å². The molecule has 0 aliphatic rings. The Bertz CT molecular complexity index is 602. The van der Waals surface area contributed by atoms with Crippen LogP contribution in [0.2, 0.25) is 0 Å². The van der Waals surface area contributed by atoms with Gasteiger partial charge in [-0.1, -0.05) is 75.4 Å². The Morgan fingerprint density at radius 3 is 2.17 bits per heavy atom. The molecule has 0 heterocycles. The average Bonchev–Trinajstić information content (AvgIpc) is 2.55. The van der Waals surface area contributed by atoms with E-state index in [0.29, 0.717) is 13.0 Å². The van der Waals surface area contributed by atoms with Crippen LogP contribution in [0.25, 0.3) is 0 Å². The Hall–Kier alpha value is -1.68. The molecule has 0 aliphatic carbocycles. The monoisotopic (exact) mass is 326 g/mol. The second-order valence-corrected chi connectivity index (χ2v) is 7.50. The van der Waals surface area contributed by atoms with Crippen LogP contribution in [0.1, 0.15) is 37.5 Å². The van der Waals surface area contributed by atoms with Crippen LogP contribution in [-0.2, 0) is 18.4 Å². The van der Waals surface area contributed by atoms with Crippen molar-refractivity contribution in [1.82, 2.24) is 5.32 Å². The van der Waals surface area contributed by atoms with E-state index in [1.165, 1.54) is 11.1 Å². The number of rotatable bonds is 7. The summed E-state index contributed by atoms with van der Waals surface area (Å²) in [6.45, 7) is 7.87. The number of aliphatic hydroxyl groups is 1. The van der Waals surface area contributed by atoms with Crippen LogP contribution in [0.3, 0.4) is 0 Å². The van der Waals surface area contributed by atoms with E-state index in [4.69, 9.17) is 5.73 Å². The average molecular weight is 326 g/mol. The van der Waals surface area contributed by atoms with Crippen molar-refractivity contribution in [2.75, 3.05) is 6.54 Å². The molecule has 2 aromatic rings. The molecule has 0 amide bonds.